The number of ether oxygens (including phenoxy) is 1. The Morgan fingerprint density at radius 2 is 1.85 bits per heavy atom. The Kier molecular flexibility index (Phi) is 4.95. The summed E-state index contributed by atoms with van der Waals surface area (Å²) in [5.41, 5.74) is -0.387. The van der Waals surface area contributed by atoms with Gasteiger partial charge in [0, 0.05) is 14.1 Å². The Morgan fingerprint density at radius 1 is 1.15 bits per heavy atom. The predicted octanol–water partition coefficient (Wildman–Crippen LogP) is 1.73. The van der Waals surface area contributed by atoms with Gasteiger partial charge in [-0.25, -0.2) is 9.59 Å². The molecule has 1 aromatic carbocycles. The zero-order valence-electron chi connectivity index (χ0n) is 14.9. The SMILES string of the molecule is CCOC(=O)c1ccccc1NC(=O)c1cc2c(=O)n(C)c(=O)n(C)c2s1. The number of anilines is 1. The number of aromatic nitrogens is 2. The molecule has 3 aromatic rings. The number of aryl methyl sites for hydroxylation is 1. The second-order valence-electron chi connectivity index (χ2n) is 5.76. The number of rotatable bonds is 4. The summed E-state index contributed by atoms with van der Waals surface area (Å²) in [6, 6.07) is 7.94. The topological polar surface area (TPSA) is 99.4 Å². The number of hydrogen-bond acceptors (Lipinski definition) is 6. The van der Waals surface area contributed by atoms with Crippen LogP contribution in [-0.2, 0) is 18.8 Å². The second-order valence-corrected chi connectivity index (χ2v) is 6.79. The Bertz CT molecular complexity index is 1170. The van der Waals surface area contributed by atoms with Crippen molar-refractivity contribution in [3.63, 3.8) is 0 Å². The fraction of sp³-hybridized carbons (Fsp3) is 0.222. The molecule has 140 valence electrons. The molecule has 0 bridgehead atoms. The van der Waals surface area contributed by atoms with E-state index >= 15 is 0 Å². The van der Waals surface area contributed by atoms with Crippen LogP contribution in [0.3, 0.4) is 0 Å². The minimum absolute atomic E-state index is 0.217. The number of esters is 1. The molecule has 27 heavy (non-hydrogen) atoms. The molecule has 0 unspecified atom stereocenters. The van der Waals surface area contributed by atoms with Gasteiger partial charge < -0.3 is 10.1 Å². The monoisotopic (exact) mass is 387 g/mol. The number of carbonyl (C=O) groups excluding carboxylic acids is 2. The number of nitrogens with one attached hydrogen (secondary N) is 1. The molecule has 1 N–H and O–H groups in total. The van der Waals surface area contributed by atoms with Crippen molar-refractivity contribution in [2.75, 3.05) is 11.9 Å². The number of fused-ring (bicyclic) bond motifs is 1. The predicted molar refractivity (Wildman–Crippen MR) is 103 cm³/mol. The molecule has 0 fully saturated rings. The van der Waals surface area contributed by atoms with Gasteiger partial charge in [0.15, 0.2) is 0 Å². The fourth-order valence-electron chi connectivity index (χ4n) is 2.64. The van der Waals surface area contributed by atoms with Gasteiger partial charge in [-0.2, -0.15) is 0 Å². The van der Waals surface area contributed by atoms with Gasteiger partial charge in [0.05, 0.1) is 28.1 Å². The highest BCUT2D eigenvalue weighted by atomic mass is 32.1. The normalized spacial score (nSPS) is 10.8. The highest BCUT2D eigenvalue weighted by Crippen LogP contribution is 2.24. The molecule has 2 aromatic heterocycles. The number of para-hydroxylation sites is 1. The number of benzene rings is 1. The van der Waals surface area contributed by atoms with E-state index in [0.29, 0.717) is 10.5 Å². The summed E-state index contributed by atoms with van der Waals surface area (Å²) in [6.45, 7) is 1.91. The van der Waals surface area contributed by atoms with Gasteiger partial charge >= 0.3 is 11.7 Å². The van der Waals surface area contributed by atoms with Crippen LogP contribution in [0.2, 0.25) is 0 Å². The molecule has 2 heterocycles. The highest BCUT2D eigenvalue weighted by molar-refractivity contribution is 7.20. The summed E-state index contributed by atoms with van der Waals surface area (Å²) in [6.07, 6.45) is 0. The first kappa shape index (κ1) is 18.6. The molecule has 0 atom stereocenters. The van der Waals surface area contributed by atoms with E-state index in [1.54, 1.807) is 38.2 Å². The number of amides is 1. The van der Waals surface area contributed by atoms with Crippen molar-refractivity contribution < 1.29 is 14.3 Å². The van der Waals surface area contributed by atoms with Gasteiger partial charge in [0.2, 0.25) is 0 Å². The fourth-order valence-corrected chi connectivity index (χ4v) is 3.64. The van der Waals surface area contributed by atoms with Gasteiger partial charge in [-0.1, -0.05) is 12.1 Å². The summed E-state index contributed by atoms with van der Waals surface area (Å²) < 4.78 is 7.31. The highest BCUT2D eigenvalue weighted by Gasteiger charge is 2.19. The van der Waals surface area contributed by atoms with E-state index in [2.05, 4.69) is 5.32 Å². The molecule has 3 rings (SSSR count). The van der Waals surface area contributed by atoms with E-state index in [1.165, 1.54) is 17.7 Å². The first-order valence-electron chi connectivity index (χ1n) is 8.12. The Labute approximate surface area is 157 Å². The van der Waals surface area contributed by atoms with Gasteiger partial charge in [-0.3, -0.25) is 18.7 Å². The average Bonchev–Trinajstić information content (AvgIpc) is 3.11. The third-order valence-electron chi connectivity index (χ3n) is 4.02. The van der Waals surface area contributed by atoms with Crippen LogP contribution < -0.4 is 16.6 Å². The third kappa shape index (κ3) is 3.28. The van der Waals surface area contributed by atoms with Gasteiger partial charge in [0.25, 0.3) is 11.5 Å². The molecule has 0 spiro atoms. The molecule has 0 aliphatic rings. The largest absolute Gasteiger partial charge is 0.462 e. The lowest BCUT2D eigenvalue weighted by molar-refractivity contribution is 0.0527. The molecule has 0 saturated carbocycles. The second kappa shape index (κ2) is 7.20. The zero-order chi connectivity index (χ0) is 19.7. The first-order chi connectivity index (χ1) is 12.8. The molecule has 8 nitrogen and oxygen atoms in total. The van der Waals surface area contributed by atoms with Crippen molar-refractivity contribution in [3.8, 4) is 0 Å². The summed E-state index contributed by atoms with van der Waals surface area (Å²) in [5.74, 6) is -1.02. The Hall–Kier alpha value is -3.20. The zero-order valence-corrected chi connectivity index (χ0v) is 15.8. The van der Waals surface area contributed by atoms with Crippen molar-refractivity contribution in [2.24, 2.45) is 14.1 Å². The lowest BCUT2D eigenvalue weighted by atomic mass is 10.1. The maximum absolute atomic E-state index is 12.7. The summed E-state index contributed by atoms with van der Waals surface area (Å²) >= 11 is 1.03. The molecular weight excluding hydrogens is 370 g/mol. The molecular formula is C18H17N3O5S. The number of hydrogen-bond donors (Lipinski definition) is 1. The maximum atomic E-state index is 12.7. The molecule has 0 aliphatic heterocycles. The van der Waals surface area contributed by atoms with Crippen LogP contribution in [0.25, 0.3) is 10.2 Å². The Morgan fingerprint density at radius 3 is 2.56 bits per heavy atom. The lowest BCUT2D eigenvalue weighted by Crippen LogP contribution is -2.36. The molecule has 0 saturated heterocycles. The van der Waals surface area contributed by atoms with Crippen molar-refractivity contribution in [2.45, 2.75) is 6.92 Å². The molecule has 9 heteroatoms. The standard InChI is InChI=1S/C18H17N3O5S/c1-4-26-17(24)10-7-5-6-8-12(10)19-14(22)13-9-11-15(23)20(2)18(25)21(3)16(11)27-13/h5-9H,4H2,1-3H3,(H,19,22). The van der Waals surface area contributed by atoms with E-state index in [4.69, 9.17) is 4.74 Å². The smallest absolute Gasteiger partial charge is 0.340 e. The quantitative estimate of drug-likeness (QED) is 0.688. The van der Waals surface area contributed by atoms with Gasteiger partial charge in [-0.05, 0) is 25.1 Å². The molecule has 1 amide bonds. The van der Waals surface area contributed by atoms with Crippen LogP contribution in [0.5, 0.6) is 0 Å². The van der Waals surface area contributed by atoms with Crippen molar-refractivity contribution >= 4 is 39.1 Å². The number of nitrogens with zero attached hydrogens (tertiary/aromatic N) is 2. The van der Waals surface area contributed by atoms with Crippen LogP contribution in [0, 0.1) is 0 Å². The third-order valence-corrected chi connectivity index (χ3v) is 5.23. The van der Waals surface area contributed by atoms with Gasteiger partial charge in [-0.15, -0.1) is 11.3 Å². The van der Waals surface area contributed by atoms with Crippen molar-refractivity contribution in [1.29, 1.82) is 0 Å². The van der Waals surface area contributed by atoms with E-state index in [-0.39, 0.29) is 22.4 Å². The van der Waals surface area contributed by atoms with Crippen LogP contribution in [0.1, 0.15) is 27.0 Å². The molecule has 0 radical (unpaired) electrons. The minimum Gasteiger partial charge on any atom is -0.462 e. The van der Waals surface area contributed by atoms with E-state index in [9.17, 15) is 19.2 Å². The van der Waals surface area contributed by atoms with Crippen LogP contribution in [0.15, 0.2) is 39.9 Å². The summed E-state index contributed by atoms with van der Waals surface area (Å²) in [7, 11) is 2.93. The maximum Gasteiger partial charge on any atom is 0.340 e. The van der Waals surface area contributed by atoms with Crippen LogP contribution in [-0.4, -0.2) is 27.6 Å². The Balaban J connectivity index is 2.00. The minimum atomic E-state index is -0.541. The number of carbonyl (C=O) groups is 2. The summed E-state index contributed by atoms with van der Waals surface area (Å²) in [5, 5.41) is 2.96. The van der Waals surface area contributed by atoms with Crippen molar-refractivity contribution in [1.82, 2.24) is 9.13 Å². The summed E-state index contributed by atoms with van der Waals surface area (Å²) in [4.78, 5) is 49.7. The van der Waals surface area contributed by atoms with Crippen LogP contribution in [0.4, 0.5) is 5.69 Å². The van der Waals surface area contributed by atoms with E-state index in [0.717, 1.165) is 15.9 Å². The van der Waals surface area contributed by atoms with E-state index in [1.807, 2.05) is 0 Å². The van der Waals surface area contributed by atoms with Crippen LogP contribution >= 0.6 is 11.3 Å². The first-order valence-corrected chi connectivity index (χ1v) is 8.93. The lowest BCUT2D eigenvalue weighted by Gasteiger charge is -2.09. The number of thiophene rings is 1. The van der Waals surface area contributed by atoms with E-state index < -0.39 is 23.1 Å². The van der Waals surface area contributed by atoms with Gasteiger partial charge in [0.1, 0.15) is 4.83 Å². The average molecular weight is 387 g/mol. The van der Waals surface area contributed by atoms with Crippen molar-refractivity contribution in [3.05, 3.63) is 61.6 Å². The molecule has 0 aliphatic carbocycles.